The summed E-state index contributed by atoms with van der Waals surface area (Å²) in [5, 5.41) is 6.43. The number of esters is 1. The van der Waals surface area contributed by atoms with Crippen molar-refractivity contribution < 1.29 is 14.3 Å². The summed E-state index contributed by atoms with van der Waals surface area (Å²) >= 11 is 3.32. The number of nitrogens with one attached hydrogen (secondary N) is 2. The molecule has 2 bridgehead atoms. The molecule has 1 saturated heterocycles. The molecule has 2 heterocycles. The zero-order chi connectivity index (χ0) is 20.7. The van der Waals surface area contributed by atoms with Crippen molar-refractivity contribution in [3.05, 3.63) is 22.9 Å². The lowest BCUT2D eigenvalue weighted by Crippen LogP contribution is -2.39. The lowest BCUT2D eigenvalue weighted by atomic mass is 9.78. The Kier molecular flexibility index (Phi) is 5.60. The molecule has 5 rings (SSSR count). The summed E-state index contributed by atoms with van der Waals surface area (Å²) in [6, 6.07) is 3.64. The van der Waals surface area contributed by atoms with E-state index in [1.807, 2.05) is 12.1 Å². The first-order valence-electron chi connectivity index (χ1n) is 11.4. The van der Waals surface area contributed by atoms with E-state index in [4.69, 9.17) is 4.74 Å². The summed E-state index contributed by atoms with van der Waals surface area (Å²) in [6.07, 6.45) is 9.38. The Morgan fingerprint density at radius 1 is 1.20 bits per heavy atom. The van der Waals surface area contributed by atoms with E-state index in [2.05, 4.69) is 31.5 Å². The predicted molar refractivity (Wildman–Crippen MR) is 117 cm³/mol. The van der Waals surface area contributed by atoms with Crippen LogP contribution in [-0.2, 0) is 14.3 Å². The molecule has 1 aliphatic heterocycles. The maximum absolute atomic E-state index is 13.3. The van der Waals surface area contributed by atoms with Crippen molar-refractivity contribution in [3.8, 4) is 0 Å². The molecule has 6 nitrogen and oxygen atoms in total. The van der Waals surface area contributed by atoms with Gasteiger partial charge in [-0.25, -0.2) is 4.98 Å². The van der Waals surface area contributed by atoms with Gasteiger partial charge in [0.2, 0.25) is 5.91 Å². The number of hydrogen-bond acceptors (Lipinski definition) is 5. The van der Waals surface area contributed by atoms with Crippen LogP contribution in [0.1, 0.15) is 44.9 Å². The average Bonchev–Trinajstić information content (AvgIpc) is 3.42. The molecule has 7 heteroatoms. The van der Waals surface area contributed by atoms with Gasteiger partial charge < -0.3 is 15.4 Å². The number of piperidine rings is 1. The van der Waals surface area contributed by atoms with Gasteiger partial charge in [0.05, 0.1) is 30.3 Å². The largest absolute Gasteiger partial charge is 0.465 e. The summed E-state index contributed by atoms with van der Waals surface area (Å²) in [6.45, 7) is 2.58. The summed E-state index contributed by atoms with van der Waals surface area (Å²) in [4.78, 5) is 30.6. The van der Waals surface area contributed by atoms with Gasteiger partial charge in [0.15, 0.2) is 0 Å². The Bertz CT molecular complexity index is 804. The number of carbonyl (C=O) groups is 2. The fourth-order valence-corrected chi connectivity index (χ4v) is 6.83. The first-order valence-corrected chi connectivity index (χ1v) is 12.2. The highest BCUT2D eigenvalue weighted by Crippen LogP contribution is 2.74. The number of halogens is 1. The highest BCUT2D eigenvalue weighted by atomic mass is 79.9. The number of nitrogens with zero attached hydrogens (tertiary/aromatic N) is 1. The van der Waals surface area contributed by atoms with Crippen LogP contribution in [0.25, 0.3) is 0 Å². The van der Waals surface area contributed by atoms with E-state index in [1.165, 1.54) is 12.8 Å². The smallest absolute Gasteiger partial charge is 0.310 e. The van der Waals surface area contributed by atoms with Crippen molar-refractivity contribution in [1.82, 2.24) is 10.3 Å². The van der Waals surface area contributed by atoms with E-state index in [1.54, 1.807) is 6.20 Å². The van der Waals surface area contributed by atoms with Crippen LogP contribution in [0.3, 0.4) is 0 Å². The molecule has 4 fully saturated rings. The van der Waals surface area contributed by atoms with E-state index >= 15 is 0 Å². The molecule has 3 aliphatic carbocycles. The molecule has 1 aromatic rings. The summed E-state index contributed by atoms with van der Waals surface area (Å²) in [5.74, 6) is 0.446. The average molecular weight is 476 g/mol. The van der Waals surface area contributed by atoms with Gasteiger partial charge in [-0.3, -0.25) is 9.59 Å². The highest BCUT2D eigenvalue weighted by Gasteiger charge is 2.71. The van der Waals surface area contributed by atoms with Crippen LogP contribution < -0.4 is 10.6 Å². The van der Waals surface area contributed by atoms with Gasteiger partial charge in [-0.2, -0.15) is 0 Å². The van der Waals surface area contributed by atoms with Gasteiger partial charge >= 0.3 is 5.97 Å². The molecule has 1 unspecified atom stereocenters. The van der Waals surface area contributed by atoms with Gasteiger partial charge in [-0.05, 0) is 109 Å². The number of anilines is 1. The van der Waals surface area contributed by atoms with E-state index in [0.717, 1.165) is 49.8 Å². The maximum Gasteiger partial charge on any atom is 0.310 e. The molecular formula is C23H30BrN3O3. The monoisotopic (exact) mass is 475 g/mol. The van der Waals surface area contributed by atoms with Crippen molar-refractivity contribution in [3.63, 3.8) is 0 Å². The van der Waals surface area contributed by atoms with Crippen molar-refractivity contribution >= 4 is 33.5 Å². The third-order valence-corrected chi connectivity index (χ3v) is 8.56. The van der Waals surface area contributed by atoms with Gasteiger partial charge in [-0.15, -0.1) is 0 Å². The van der Waals surface area contributed by atoms with Crippen molar-refractivity contribution in [2.75, 3.05) is 25.0 Å². The molecule has 0 radical (unpaired) electrons. The number of rotatable bonds is 6. The first-order chi connectivity index (χ1) is 14.6. The van der Waals surface area contributed by atoms with Gasteiger partial charge in [0.1, 0.15) is 4.60 Å². The fraction of sp³-hybridized carbons (Fsp3) is 0.696. The van der Waals surface area contributed by atoms with Crippen molar-refractivity contribution in [1.29, 1.82) is 0 Å². The van der Waals surface area contributed by atoms with Crippen LogP contribution >= 0.6 is 15.9 Å². The number of aromatic nitrogens is 1. The van der Waals surface area contributed by atoms with Crippen LogP contribution in [0, 0.1) is 35.0 Å². The standard InChI is InChI=1S/C23H30BrN3O3/c24-18-6-3-15(13-26-18)27-21(28)19-16-4-5-17(23(16)8-9-23)20(19)22(29)30-11-7-14-2-1-10-25-12-14/h3,6,13-14,16-17,19-20,25H,1-2,4-5,7-12H2,(H,27,28)/t14?,16-,17+,19+,20+/m0/s1. The van der Waals surface area contributed by atoms with E-state index in [0.29, 0.717) is 30.0 Å². The SMILES string of the molecule is O=C(OCCC1CCCNC1)[C@H]1[C@H](C(=O)Nc2ccc(Br)nc2)[C@@H]2CC[C@H]1C21CC1. The maximum atomic E-state index is 13.3. The number of hydrogen-bond donors (Lipinski definition) is 2. The van der Waals surface area contributed by atoms with Gasteiger partial charge in [-0.1, -0.05) is 0 Å². The third kappa shape index (κ3) is 3.68. The fourth-order valence-electron chi connectivity index (χ4n) is 6.59. The zero-order valence-corrected chi connectivity index (χ0v) is 18.8. The third-order valence-electron chi connectivity index (χ3n) is 8.09. The lowest BCUT2D eigenvalue weighted by molar-refractivity contribution is -0.155. The van der Waals surface area contributed by atoms with Gasteiger partial charge in [0, 0.05) is 0 Å². The summed E-state index contributed by atoms with van der Waals surface area (Å²) in [5.41, 5.74) is 0.893. The first kappa shape index (κ1) is 20.4. The minimum atomic E-state index is -0.292. The minimum absolute atomic E-state index is 0.0453. The van der Waals surface area contributed by atoms with E-state index in [9.17, 15) is 9.59 Å². The normalized spacial score (nSPS) is 33.4. The van der Waals surface area contributed by atoms with Crippen molar-refractivity contribution in [2.45, 2.75) is 44.9 Å². The number of amides is 1. The Hall–Kier alpha value is -1.47. The number of carbonyl (C=O) groups excluding carboxylic acids is 2. The quantitative estimate of drug-likeness (QED) is 0.483. The molecule has 5 atom stereocenters. The Morgan fingerprint density at radius 3 is 2.67 bits per heavy atom. The molecule has 30 heavy (non-hydrogen) atoms. The molecule has 3 saturated carbocycles. The van der Waals surface area contributed by atoms with Crippen LogP contribution in [0.5, 0.6) is 0 Å². The van der Waals surface area contributed by atoms with E-state index < -0.39 is 0 Å². The molecule has 1 aromatic heterocycles. The lowest BCUT2D eigenvalue weighted by Gasteiger charge is -2.29. The number of ether oxygens (including phenoxy) is 1. The Labute approximate surface area is 186 Å². The molecule has 0 aromatic carbocycles. The number of pyridine rings is 1. The molecular weight excluding hydrogens is 446 g/mol. The van der Waals surface area contributed by atoms with Gasteiger partial charge in [0.25, 0.3) is 0 Å². The summed E-state index contributed by atoms with van der Waals surface area (Å²) < 4.78 is 6.51. The second kappa shape index (κ2) is 8.23. The predicted octanol–water partition coefficient (Wildman–Crippen LogP) is 3.77. The van der Waals surface area contributed by atoms with Crippen LogP contribution in [0.15, 0.2) is 22.9 Å². The second-order valence-corrected chi connectivity index (χ2v) is 10.4. The summed E-state index contributed by atoms with van der Waals surface area (Å²) in [7, 11) is 0. The van der Waals surface area contributed by atoms with E-state index in [-0.39, 0.29) is 29.1 Å². The van der Waals surface area contributed by atoms with Crippen LogP contribution in [0.4, 0.5) is 5.69 Å². The van der Waals surface area contributed by atoms with Crippen LogP contribution in [0.2, 0.25) is 0 Å². The molecule has 2 N–H and O–H groups in total. The topological polar surface area (TPSA) is 80.3 Å². The Balaban J connectivity index is 1.26. The van der Waals surface area contributed by atoms with Crippen LogP contribution in [-0.4, -0.2) is 36.6 Å². The zero-order valence-electron chi connectivity index (χ0n) is 17.2. The molecule has 4 aliphatic rings. The Morgan fingerprint density at radius 2 is 2.00 bits per heavy atom. The van der Waals surface area contributed by atoms with Crippen molar-refractivity contribution in [2.24, 2.45) is 35.0 Å². The molecule has 1 amide bonds. The molecule has 1 spiro atoms. The molecule has 162 valence electrons. The minimum Gasteiger partial charge on any atom is -0.465 e. The second-order valence-electron chi connectivity index (χ2n) is 9.60. The highest BCUT2D eigenvalue weighted by molar-refractivity contribution is 9.10.